The Labute approximate surface area is 127 Å². The van der Waals surface area contributed by atoms with Crippen LogP contribution in [0.25, 0.3) is 0 Å². The van der Waals surface area contributed by atoms with Crippen molar-refractivity contribution < 1.29 is 0 Å². The van der Waals surface area contributed by atoms with Gasteiger partial charge in [0, 0.05) is 8.35 Å². The average Bonchev–Trinajstić information content (AvgIpc) is 2.18. The van der Waals surface area contributed by atoms with Crippen LogP contribution in [0.4, 0.5) is 0 Å². The molecule has 0 aromatic carbocycles. The molecule has 1 saturated carbocycles. The monoisotopic (exact) mass is 452 g/mol. The lowest BCUT2D eigenvalue weighted by atomic mass is 9.65. The second-order valence-electron chi connectivity index (χ2n) is 5.20. The lowest BCUT2D eigenvalue weighted by Gasteiger charge is -2.44. The molecule has 0 N–H and O–H groups in total. The summed E-state index contributed by atoms with van der Waals surface area (Å²) in [6, 6.07) is 0. The van der Waals surface area contributed by atoms with Crippen LogP contribution < -0.4 is 0 Å². The summed E-state index contributed by atoms with van der Waals surface area (Å²) in [4.78, 5) is 0. The van der Waals surface area contributed by atoms with E-state index in [0.717, 1.165) is 21.5 Å². The number of alkyl halides is 2. The third-order valence-corrected chi connectivity index (χ3v) is 7.03. The standard InChI is InChI=1S/C12H22I2S/c1-9(14)12(2)5-3-11(8-13)10(7-12)4-6-15/h9-11,15H,3-8H2,1-2H3. The fourth-order valence-electron chi connectivity index (χ4n) is 2.69. The van der Waals surface area contributed by atoms with E-state index < -0.39 is 0 Å². The molecule has 0 nitrogen and oxygen atoms in total. The van der Waals surface area contributed by atoms with Crippen LogP contribution >= 0.6 is 57.8 Å². The minimum atomic E-state index is 0.580. The molecule has 90 valence electrons. The van der Waals surface area contributed by atoms with Crippen molar-refractivity contribution in [1.82, 2.24) is 0 Å². The van der Waals surface area contributed by atoms with Gasteiger partial charge in [-0.05, 0) is 48.7 Å². The maximum Gasteiger partial charge on any atom is 0.0135 e. The maximum absolute atomic E-state index is 4.41. The molecule has 1 fully saturated rings. The molecule has 4 unspecified atom stereocenters. The lowest BCUT2D eigenvalue weighted by Crippen LogP contribution is -2.37. The molecule has 0 bridgehead atoms. The van der Waals surface area contributed by atoms with Gasteiger partial charge in [0.1, 0.15) is 0 Å². The van der Waals surface area contributed by atoms with E-state index in [1.807, 2.05) is 0 Å². The van der Waals surface area contributed by atoms with E-state index in [1.54, 1.807) is 0 Å². The third kappa shape index (κ3) is 3.90. The molecule has 1 aliphatic carbocycles. The van der Waals surface area contributed by atoms with Gasteiger partial charge in [0.05, 0.1) is 0 Å². The quantitative estimate of drug-likeness (QED) is 0.347. The first kappa shape index (κ1) is 14.9. The van der Waals surface area contributed by atoms with E-state index in [9.17, 15) is 0 Å². The van der Waals surface area contributed by atoms with Crippen LogP contribution in [0.5, 0.6) is 0 Å². The zero-order valence-corrected chi connectivity index (χ0v) is 14.9. The van der Waals surface area contributed by atoms with Gasteiger partial charge >= 0.3 is 0 Å². The number of thiol groups is 1. The lowest BCUT2D eigenvalue weighted by molar-refractivity contribution is 0.117. The van der Waals surface area contributed by atoms with Crippen LogP contribution in [0.2, 0.25) is 0 Å². The highest BCUT2D eigenvalue weighted by Gasteiger charge is 2.39. The molecule has 0 aromatic heterocycles. The Morgan fingerprint density at radius 1 is 1.47 bits per heavy atom. The van der Waals surface area contributed by atoms with E-state index in [2.05, 4.69) is 71.7 Å². The minimum absolute atomic E-state index is 0.580. The van der Waals surface area contributed by atoms with E-state index in [-0.39, 0.29) is 0 Å². The van der Waals surface area contributed by atoms with E-state index in [1.165, 1.54) is 30.1 Å². The highest BCUT2D eigenvalue weighted by atomic mass is 127. The van der Waals surface area contributed by atoms with Gasteiger partial charge in [0.15, 0.2) is 0 Å². The first-order chi connectivity index (χ1) is 7.03. The summed E-state index contributed by atoms with van der Waals surface area (Å²) in [5, 5.41) is 0. The predicted octanol–water partition coefficient (Wildman–Crippen LogP) is 4.99. The van der Waals surface area contributed by atoms with Crippen LogP contribution in [0.15, 0.2) is 0 Å². The second-order valence-corrected chi connectivity index (χ2v) is 8.40. The molecular formula is C12H22I2S. The molecule has 0 amide bonds. The Hall–Kier alpha value is 1.81. The van der Waals surface area contributed by atoms with Crippen molar-refractivity contribution in [2.24, 2.45) is 17.3 Å². The number of hydrogen-bond acceptors (Lipinski definition) is 1. The summed E-state index contributed by atoms with van der Waals surface area (Å²) in [6.07, 6.45) is 5.60. The Bertz CT molecular complexity index is 196. The first-order valence-electron chi connectivity index (χ1n) is 5.84. The minimum Gasteiger partial charge on any atom is -0.179 e. The van der Waals surface area contributed by atoms with Gasteiger partial charge in [-0.2, -0.15) is 12.6 Å². The van der Waals surface area contributed by atoms with Gasteiger partial charge in [0.2, 0.25) is 0 Å². The molecule has 0 aliphatic heterocycles. The summed E-state index contributed by atoms with van der Waals surface area (Å²) < 4.78 is 2.13. The number of halogens is 2. The number of hydrogen-bond donors (Lipinski definition) is 1. The third-order valence-electron chi connectivity index (χ3n) is 4.14. The highest BCUT2D eigenvalue weighted by Crippen LogP contribution is 2.48. The van der Waals surface area contributed by atoms with Crippen molar-refractivity contribution >= 4 is 57.8 Å². The molecule has 3 heteroatoms. The van der Waals surface area contributed by atoms with Crippen LogP contribution in [-0.4, -0.2) is 14.1 Å². The average molecular weight is 452 g/mol. The van der Waals surface area contributed by atoms with Crippen molar-refractivity contribution in [3.8, 4) is 0 Å². The van der Waals surface area contributed by atoms with Gasteiger partial charge < -0.3 is 0 Å². The summed E-state index contributed by atoms with van der Waals surface area (Å²) in [6.45, 7) is 4.86. The van der Waals surface area contributed by atoms with Gasteiger partial charge in [-0.15, -0.1) is 0 Å². The second kappa shape index (κ2) is 6.66. The fraction of sp³-hybridized carbons (Fsp3) is 1.00. The normalized spacial score (nSPS) is 39.0. The largest absolute Gasteiger partial charge is 0.179 e. The predicted molar refractivity (Wildman–Crippen MR) is 89.8 cm³/mol. The van der Waals surface area contributed by atoms with Crippen LogP contribution in [0.1, 0.15) is 39.5 Å². The summed E-state index contributed by atoms with van der Waals surface area (Å²) in [5.41, 5.74) is 0.580. The summed E-state index contributed by atoms with van der Waals surface area (Å²) in [7, 11) is 0. The molecule has 0 radical (unpaired) electrons. The van der Waals surface area contributed by atoms with Crippen molar-refractivity contribution in [2.45, 2.75) is 43.5 Å². The molecule has 15 heavy (non-hydrogen) atoms. The Kier molecular flexibility index (Phi) is 6.61. The smallest absolute Gasteiger partial charge is 0.0135 e. The van der Waals surface area contributed by atoms with Crippen LogP contribution in [0.3, 0.4) is 0 Å². The van der Waals surface area contributed by atoms with E-state index in [0.29, 0.717) is 5.41 Å². The van der Waals surface area contributed by atoms with Gasteiger partial charge in [-0.3, -0.25) is 0 Å². The SMILES string of the molecule is CC(I)C1(C)CCC(CI)C(CCS)C1. The molecule has 0 saturated heterocycles. The highest BCUT2D eigenvalue weighted by molar-refractivity contribution is 14.1. The van der Waals surface area contributed by atoms with Crippen LogP contribution in [-0.2, 0) is 0 Å². The zero-order valence-electron chi connectivity index (χ0n) is 9.68. The molecular weight excluding hydrogens is 430 g/mol. The van der Waals surface area contributed by atoms with Crippen molar-refractivity contribution in [2.75, 3.05) is 10.2 Å². The Morgan fingerprint density at radius 3 is 2.60 bits per heavy atom. The Balaban J connectivity index is 2.64. The fourth-order valence-corrected chi connectivity index (χ4v) is 4.74. The zero-order chi connectivity index (χ0) is 11.5. The van der Waals surface area contributed by atoms with Gasteiger partial charge in [0.25, 0.3) is 0 Å². The van der Waals surface area contributed by atoms with Crippen molar-refractivity contribution in [1.29, 1.82) is 0 Å². The van der Waals surface area contributed by atoms with E-state index in [4.69, 9.17) is 0 Å². The summed E-state index contributed by atoms with van der Waals surface area (Å²) >= 11 is 9.59. The Morgan fingerprint density at radius 2 is 2.13 bits per heavy atom. The summed E-state index contributed by atoms with van der Waals surface area (Å²) in [5.74, 6) is 2.94. The van der Waals surface area contributed by atoms with Gasteiger partial charge in [-0.1, -0.05) is 59.0 Å². The molecule has 0 spiro atoms. The van der Waals surface area contributed by atoms with Crippen LogP contribution in [0, 0.1) is 17.3 Å². The van der Waals surface area contributed by atoms with Gasteiger partial charge in [-0.25, -0.2) is 0 Å². The number of rotatable bonds is 4. The molecule has 0 aromatic rings. The van der Waals surface area contributed by atoms with E-state index >= 15 is 0 Å². The molecule has 1 aliphatic rings. The maximum atomic E-state index is 4.41. The molecule has 1 rings (SSSR count). The van der Waals surface area contributed by atoms with Crippen molar-refractivity contribution in [3.63, 3.8) is 0 Å². The molecule has 4 atom stereocenters. The van der Waals surface area contributed by atoms with Crippen molar-refractivity contribution in [3.05, 3.63) is 0 Å². The topological polar surface area (TPSA) is 0 Å². The molecule has 0 heterocycles. The first-order valence-corrected chi connectivity index (χ1v) is 9.24.